The molecule has 0 saturated carbocycles. The number of H-pyrrole nitrogens is 1. The molecule has 1 aliphatic rings. The van der Waals surface area contributed by atoms with Crippen molar-refractivity contribution in [1.82, 2.24) is 30.4 Å². The van der Waals surface area contributed by atoms with Crippen LogP contribution in [0.3, 0.4) is 0 Å². The Kier molecular flexibility index (Phi) is 4.33. The molecule has 2 aromatic carbocycles. The minimum absolute atomic E-state index is 0.354. The first-order valence-corrected chi connectivity index (χ1v) is 9.57. The van der Waals surface area contributed by atoms with E-state index in [0.29, 0.717) is 5.92 Å². The molecule has 140 valence electrons. The minimum Gasteiger partial charge on any atom is -0.339 e. The molecule has 0 radical (unpaired) electrons. The lowest BCUT2D eigenvalue weighted by molar-refractivity contribution is 0.492. The fourth-order valence-electron chi connectivity index (χ4n) is 3.97. The van der Waals surface area contributed by atoms with E-state index >= 15 is 0 Å². The van der Waals surface area contributed by atoms with Gasteiger partial charge in [0.25, 0.3) is 0 Å². The van der Waals surface area contributed by atoms with Crippen LogP contribution in [0, 0.1) is 0 Å². The normalized spacial score (nSPS) is 17.0. The summed E-state index contributed by atoms with van der Waals surface area (Å²) in [6, 6.07) is 20.4. The second-order valence-electron chi connectivity index (χ2n) is 7.07. The maximum Gasteiger partial charge on any atom is 0.250 e. The molecule has 4 aromatic rings. The van der Waals surface area contributed by atoms with E-state index in [0.717, 1.165) is 37.6 Å². The monoisotopic (exact) mass is 371 g/mol. The Bertz CT molecular complexity index is 955. The SMILES string of the molecule is c1ccc(-c2cn[nH]c2C2CCCN(c3nnnn3-c3ccccc3)C2)cc1. The van der Waals surface area contributed by atoms with Crippen LogP contribution in [0.1, 0.15) is 24.5 Å². The molecule has 1 unspecified atom stereocenters. The second-order valence-corrected chi connectivity index (χ2v) is 7.07. The van der Waals surface area contributed by atoms with Crippen molar-refractivity contribution in [2.75, 3.05) is 18.0 Å². The average Bonchev–Trinajstić information content (AvgIpc) is 3.45. The average molecular weight is 371 g/mol. The van der Waals surface area contributed by atoms with Crippen LogP contribution in [-0.4, -0.2) is 43.5 Å². The van der Waals surface area contributed by atoms with Crippen LogP contribution in [-0.2, 0) is 0 Å². The molecule has 1 N–H and O–H groups in total. The van der Waals surface area contributed by atoms with E-state index in [1.165, 1.54) is 16.8 Å². The van der Waals surface area contributed by atoms with Gasteiger partial charge >= 0.3 is 0 Å². The lowest BCUT2D eigenvalue weighted by Gasteiger charge is -2.32. The van der Waals surface area contributed by atoms with E-state index in [1.54, 1.807) is 0 Å². The highest BCUT2D eigenvalue weighted by Gasteiger charge is 2.28. The van der Waals surface area contributed by atoms with Gasteiger partial charge in [-0.15, -0.1) is 0 Å². The van der Waals surface area contributed by atoms with Crippen LogP contribution >= 0.6 is 0 Å². The van der Waals surface area contributed by atoms with Gasteiger partial charge in [0.1, 0.15) is 0 Å². The first kappa shape index (κ1) is 16.7. The summed E-state index contributed by atoms with van der Waals surface area (Å²) in [7, 11) is 0. The van der Waals surface area contributed by atoms with E-state index in [2.05, 4.69) is 54.9 Å². The third-order valence-electron chi connectivity index (χ3n) is 5.32. The summed E-state index contributed by atoms with van der Waals surface area (Å²) in [5, 5.41) is 20.0. The van der Waals surface area contributed by atoms with Gasteiger partial charge in [0.05, 0.1) is 11.9 Å². The van der Waals surface area contributed by atoms with Gasteiger partial charge in [0.15, 0.2) is 0 Å². The number of piperidine rings is 1. The van der Waals surface area contributed by atoms with Gasteiger partial charge in [-0.3, -0.25) is 5.10 Å². The van der Waals surface area contributed by atoms with Crippen molar-refractivity contribution < 1.29 is 0 Å². The Morgan fingerprint density at radius 1 is 0.964 bits per heavy atom. The summed E-state index contributed by atoms with van der Waals surface area (Å²) in [5.41, 5.74) is 4.53. The zero-order valence-corrected chi connectivity index (χ0v) is 15.4. The number of anilines is 1. The van der Waals surface area contributed by atoms with Crippen molar-refractivity contribution in [2.45, 2.75) is 18.8 Å². The number of aromatic amines is 1. The molecule has 5 rings (SSSR count). The summed E-state index contributed by atoms with van der Waals surface area (Å²) in [5.74, 6) is 1.14. The lowest BCUT2D eigenvalue weighted by Crippen LogP contribution is -2.36. The highest BCUT2D eigenvalue weighted by molar-refractivity contribution is 5.66. The number of hydrogen-bond donors (Lipinski definition) is 1. The van der Waals surface area contributed by atoms with E-state index in [9.17, 15) is 0 Å². The molecule has 3 heterocycles. The van der Waals surface area contributed by atoms with Crippen LogP contribution in [0.4, 0.5) is 5.95 Å². The van der Waals surface area contributed by atoms with Gasteiger partial charge in [-0.05, 0) is 41.0 Å². The third-order valence-corrected chi connectivity index (χ3v) is 5.32. The third kappa shape index (κ3) is 3.05. The van der Waals surface area contributed by atoms with Gasteiger partial charge in [0, 0.05) is 30.3 Å². The Hall–Kier alpha value is -3.48. The Morgan fingerprint density at radius 3 is 2.57 bits per heavy atom. The summed E-state index contributed by atoms with van der Waals surface area (Å²) < 4.78 is 1.81. The van der Waals surface area contributed by atoms with Crippen LogP contribution in [0.15, 0.2) is 66.9 Å². The smallest absolute Gasteiger partial charge is 0.250 e. The predicted octanol–water partition coefficient (Wildman–Crippen LogP) is 3.44. The molecule has 7 heteroatoms. The Balaban J connectivity index is 1.44. The molecule has 0 aliphatic carbocycles. The quantitative estimate of drug-likeness (QED) is 0.595. The second kappa shape index (κ2) is 7.26. The van der Waals surface area contributed by atoms with Crippen molar-refractivity contribution in [2.24, 2.45) is 0 Å². The first-order valence-electron chi connectivity index (χ1n) is 9.57. The topological polar surface area (TPSA) is 75.5 Å². The molecule has 1 fully saturated rings. The number of benzene rings is 2. The van der Waals surface area contributed by atoms with Gasteiger partial charge in [-0.1, -0.05) is 53.6 Å². The van der Waals surface area contributed by atoms with Crippen molar-refractivity contribution in [3.05, 3.63) is 72.6 Å². The van der Waals surface area contributed by atoms with Crippen molar-refractivity contribution >= 4 is 5.95 Å². The number of rotatable bonds is 4. The van der Waals surface area contributed by atoms with E-state index in [1.807, 2.05) is 47.3 Å². The highest BCUT2D eigenvalue weighted by atomic mass is 15.6. The fraction of sp³-hybridized carbons (Fsp3) is 0.238. The number of hydrogen-bond acceptors (Lipinski definition) is 5. The zero-order valence-electron chi connectivity index (χ0n) is 15.4. The summed E-state index contributed by atoms with van der Waals surface area (Å²) in [6.07, 6.45) is 4.13. The Morgan fingerprint density at radius 2 is 1.75 bits per heavy atom. The van der Waals surface area contributed by atoms with Crippen LogP contribution in [0.5, 0.6) is 0 Å². The predicted molar refractivity (Wildman–Crippen MR) is 107 cm³/mol. The van der Waals surface area contributed by atoms with Gasteiger partial charge in [-0.2, -0.15) is 9.78 Å². The van der Waals surface area contributed by atoms with Crippen molar-refractivity contribution in [1.29, 1.82) is 0 Å². The zero-order chi connectivity index (χ0) is 18.8. The molecular formula is C21H21N7. The number of nitrogens with one attached hydrogen (secondary N) is 1. The Labute approximate surface area is 163 Å². The molecule has 1 saturated heterocycles. The molecule has 1 aliphatic heterocycles. The van der Waals surface area contributed by atoms with E-state index in [-0.39, 0.29) is 0 Å². The first-order chi connectivity index (χ1) is 13.9. The molecule has 1 atom stereocenters. The summed E-state index contributed by atoms with van der Waals surface area (Å²) in [6.45, 7) is 1.80. The van der Waals surface area contributed by atoms with Crippen molar-refractivity contribution in [3.8, 4) is 16.8 Å². The minimum atomic E-state index is 0.354. The van der Waals surface area contributed by atoms with E-state index in [4.69, 9.17) is 0 Å². The number of aromatic nitrogens is 6. The van der Waals surface area contributed by atoms with Gasteiger partial charge in [-0.25, -0.2) is 0 Å². The summed E-state index contributed by atoms with van der Waals surface area (Å²) >= 11 is 0. The standard InChI is InChI=1S/C21H21N7/c1-3-8-16(9-4-1)19-14-22-23-20(19)17-10-7-13-27(15-17)21-24-25-26-28(21)18-11-5-2-6-12-18/h1-6,8-9,11-12,14,17H,7,10,13,15H2,(H,22,23). The van der Waals surface area contributed by atoms with Crippen molar-refractivity contribution in [3.63, 3.8) is 0 Å². The maximum atomic E-state index is 4.34. The van der Waals surface area contributed by atoms with Gasteiger partial charge < -0.3 is 4.90 Å². The molecule has 0 amide bonds. The number of tetrazole rings is 1. The number of nitrogens with zero attached hydrogens (tertiary/aromatic N) is 6. The van der Waals surface area contributed by atoms with Crippen LogP contribution in [0.2, 0.25) is 0 Å². The summed E-state index contributed by atoms with van der Waals surface area (Å²) in [4.78, 5) is 2.27. The van der Waals surface area contributed by atoms with Crippen LogP contribution < -0.4 is 4.90 Å². The molecule has 7 nitrogen and oxygen atoms in total. The molecule has 0 bridgehead atoms. The van der Waals surface area contributed by atoms with E-state index < -0.39 is 0 Å². The van der Waals surface area contributed by atoms with Crippen LogP contribution in [0.25, 0.3) is 16.8 Å². The molecular weight excluding hydrogens is 350 g/mol. The highest BCUT2D eigenvalue weighted by Crippen LogP contribution is 2.34. The maximum absolute atomic E-state index is 4.34. The molecule has 2 aromatic heterocycles. The van der Waals surface area contributed by atoms with Gasteiger partial charge in [0.2, 0.25) is 5.95 Å². The molecule has 28 heavy (non-hydrogen) atoms. The fourth-order valence-corrected chi connectivity index (χ4v) is 3.97. The number of para-hydroxylation sites is 1. The lowest BCUT2D eigenvalue weighted by atomic mass is 9.91. The largest absolute Gasteiger partial charge is 0.339 e. The molecule has 0 spiro atoms.